The van der Waals surface area contributed by atoms with E-state index in [1.807, 2.05) is 6.08 Å². The highest BCUT2D eigenvalue weighted by atomic mass is 16.5. The molecule has 1 saturated carbocycles. The quantitative estimate of drug-likeness (QED) is 0.459. The lowest BCUT2D eigenvalue weighted by atomic mass is 9.79. The molecule has 0 spiro atoms. The third-order valence-electron chi connectivity index (χ3n) is 5.20. The van der Waals surface area contributed by atoms with Crippen LogP contribution in [0.15, 0.2) is 61.2 Å². The minimum Gasteiger partial charge on any atom is -0.377 e. The topological polar surface area (TPSA) is 9.23 Å². The molecule has 0 aromatic heterocycles. The van der Waals surface area contributed by atoms with E-state index in [0.717, 1.165) is 12.5 Å². The average molecular weight is 320 g/mol. The van der Waals surface area contributed by atoms with E-state index in [1.54, 1.807) is 0 Å². The highest BCUT2D eigenvalue weighted by molar-refractivity contribution is 5.64. The van der Waals surface area contributed by atoms with Crippen LogP contribution in [0.1, 0.15) is 42.7 Å². The summed E-state index contributed by atoms with van der Waals surface area (Å²) in [6.07, 6.45) is 6.96. The number of benzene rings is 2. The molecule has 1 heteroatoms. The Hall–Kier alpha value is -1.86. The predicted molar refractivity (Wildman–Crippen MR) is 102 cm³/mol. The molecule has 0 N–H and O–H groups in total. The minimum atomic E-state index is 0.681. The Morgan fingerprint density at radius 1 is 0.917 bits per heavy atom. The largest absolute Gasteiger partial charge is 0.377 e. The fourth-order valence-electron chi connectivity index (χ4n) is 3.67. The van der Waals surface area contributed by atoms with Crippen LogP contribution in [0.2, 0.25) is 0 Å². The van der Waals surface area contributed by atoms with Crippen molar-refractivity contribution in [2.45, 2.75) is 38.5 Å². The number of ether oxygens (including phenoxy) is 1. The first-order chi connectivity index (χ1) is 11.8. The Balaban J connectivity index is 1.56. The van der Waals surface area contributed by atoms with Crippen LogP contribution < -0.4 is 0 Å². The van der Waals surface area contributed by atoms with Crippen molar-refractivity contribution in [3.63, 3.8) is 0 Å². The van der Waals surface area contributed by atoms with Gasteiger partial charge in [0.2, 0.25) is 0 Å². The summed E-state index contributed by atoms with van der Waals surface area (Å²) in [5, 5.41) is 0. The van der Waals surface area contributed by atoms with Gasteiger partial charge in [0.25, 0.3) is 0 Å². The van der Waals surface area contributed by atoms with Crippen molar-refractivity contribution in [1.82, 2.24) is 0 Å². The lowest BCUT2D eigenvalue weighted by Crippen LogP contribution is -2.18. The van der Waals surface area contributed by atoms with Crippen LogP contribution in [-0.2, 0) is 4.74 Å². The first-order valence-corrected chi connectivity index (χ1v) is 9.12. The molecule has 1 fully saturated rings. The van der Waals surface area contributed by atoms with E-state index in [2.05, 4.69) is 62.0 Å². The van der Waals surface area contributed by atoms with Crippen LogP contribution in [0.5, 0.6) is 0 Å². The van der Waals surface area contributed by atoms with Crippen LogP contribution in [0.25, 0.3) is 11.1 Å². The maximum Gasteiger partial charge on any atom is 0.0644 e. The Kier molecular flexibility index (Phi) is 5.87. The van der Waals surface area contributed by atoms with Crippen LogP contribution in [0, 0.1) is 12.8 Å². The summed E-state index contributed by atoms with van der Waals surface area (Å²) in [6, 6.07) is 18.0. The van der Waals surface area contributed by atoms with Crippen LogP contribution >= 0.6 is 0 Å². The molecule has 0 atom stereocenters. The predicted octanol–water partition coefficient (Wildman–Crippen LogP) is 6.14. The minimum absolute atomic E-state index is 0.681. The van der Waals surface area contributed by atoms with Gasteiger partial charge in [-0.05, 0) is 61.1 Å². The van der Waals surface area contributed by atoms with Gasteiger partial charge >= 0.3 is 0 Å². The number of hydrogen-bond donors (Lipinski definition) is 0. The second kappa shape index (κ2) is 8.30. The summed E-state index contributed by atoms with van der Waals surface area (Å²) in [5.41, 5.74) is 5.42. The lowest BCUT2D eigenvalue weighted by Gasteiger charge is -2.28. The zero-order chi connectivity index (χ0) is 16.8. The van der Waals surface area contributed by atoms with Crippen molar-refractivity contribution < 1.29 is 4.74 Å². The molecule has 0 aliphatic heterocycles. The summed E-state index contributed by atoms with van der Waals surface area (Å²) in [5.74, 6) is 1.45. The van der Waals surface area contributed by atoms with E-state index in [0.29, 0.717) is 12.5 Å². The van der Waals surface area contributed by atoms with Gasteiger partial charge in [0.05, 0.1) is 6.61 Å². The summed E-state index contributed by atoms with van der Waals surface area (Å²) < 4.78 is 5.62. The van der Waals surface area contributed by atoms with E-state index >= 15 is 0 Å². The molecule has 1 aliphatic rings. The molecule has 0 saturated heterocycles. The second-order valence-electron chi connectivity index (χ2n) is 7.03. The molecule has 2 aromatic rings. The van der Waals surface area contributed by atoms with Crippen LogP contribution in [-0.4, -0.2) is 13.2 Å². The summed E-state index contributed by atoms with van der Waals surface area (Å²) >= 11 is 0. The molecule has 3 rings (SSSR count). The summed E-state index contributed by atoms with van der Waals surface area (Å²) in [7, 11) is 0. The maximum atomic E-state index is 5.62. The average Bonchev–Trinajstić information content (AvgIpc) is 2.63. The van der Waals surface area contributed by atoms with Crippen molar-refractivity contribution in [2.24, 2.45) is 5.92 Å². The van der Waals surface area contributed by atoms with Gasteiger partial charge in [-0.15, -0.1) is 6.58 Å². The summed E-state index contributed by atoms with van der Waals surface area (Å²) in [6.45, 7) is 7.41. The maximum absolute atomic E-state index is 5.62. The first kappa shape index (κ1) is 17.0. The molecule has 0 heterocycles. The van der Waals surface area contributed by atoms with E-state index in [4.69, 9.17) is 4.74 Å². The normalized spacial score (nSPS) is 20.7. The summed E-state index contributed by atoms with van der Waals surface area (Å²) in [4.78, 5) is 0. The molecular weight excluding hydrogens is 292 g/mol. The van der Waals surface area contributed by atoms with Crippen molar-refractivity contribution >= 4 is 0 Å². The fraction of sp³-hybridized carbons (Fsp3) is 0.391. The SMILES string of the molecule is C=CCOCC1CCC(c2ccc(-c3ccc(C)cc3)cc2)CC1. The second-order valence-corrected chi connectivity index (χ2v) is 7.03. The number of hydrogen-bond acceptors (Lipinski definition) is 1. The van der Waals surface area contributed by atoms with E-state index in [9.17, 15) is 0 Å². The lowest BCUT2D eigenvalue weighted by molar-refractivity contribution is 0.102. The highest BCUT2D eigenvalue weighted by Crippen LogP contribution is 2.36. The van der Waals surface area contributed by atoms with Gasteiger partial charge in [-0.1, -0.05) is 60.2 Å². The van der Waals surface area contributed by atoms with Crippen molar-refractivity contribution in [3.05, 3.63) is 72.3 Å². The number of rotatable bonds is 6. The van der Waals surface area contributed by atoms with Gasteiger partial charge in [0.15, 0.2) is 0 Å². The molecule has 2 aromatic carbocycles. The van der Waals surface area contributed by atoms with Gasteiger partial charge in [-0.3, -0.25) is 0 Å². The van der Waals surface area contributed by atoms with Gasteiger partial charge in [0, 0.05) is 6.61 Å². The zero-order valence-electron chi connectivity index (χ0n) is 14.7. The monoisotopic (exact) mass is 320 g/mol. The molecule has 0 amide bonds. The van der Waals surface area contributed by atoms with E-state index in [1.165, 1.54) is 47.9 Å². The smallest absolute Gasteiger partial charge is 0.0644 e. The molecule has 0 radical (unpaired) electrons. The van der Waals surface area contributed by atoms with Crippen molar-refractivity contribution in [3.8, 4) is 11.1 Å². The van der Waals surface area contributed by atoms with Crippen LogP contribution in [0.4, 0.5) is 0 Å². The van der Waals surface area contributed by atoms with Gasteiger partial charge < -0.3 is 4.74 Å². The Bertz CT molecular complexity index is 631. The Morgan fingerprint density at radius 3 is 2.08 bits per heavy atom. The third-order valence-corrected chi connectivity index (χ3v) is 5.20. The molecule has 24 heavy (non-hydrogen) atoms. The Morgan fingerprint density at radius 2 is 1.50 bits per heavy atom. The Labute approximate surface area is 146 Å². The number of aryl methyl sites for hydroxylation is 1. The molecule has 0 bridgehead atoms. The zero-order valence-corrected chi connectivity index (χ0v) is 14.7. The third kappa shape index (κ3) is 4.36. The molecule has 1 aliphatic carbocycles. The van der Waals surface area contributed by atoms with Gasteiger partial charge in [0.1, 0.15) is 0 Å². The van der Waals surface area contributed by atoms with Gasteiger partial charge in [-0.2, -0.15) is 0 Å². The molecular formula is C23H28O. The van der Waals surface area contributed by atoms with Crippen molar-refractivity contribution in [1.29, 1.82) is 0 Å². The first-order valence-electron chi connectivity index (χ1n) is 9.12. The molecule has 0 unspecified atom stereocenters. The highest BCUT2D eigenvalue weighted by Gasteiger charge is 2.22. The standard InChI is InChI=1S/C23H28O/c1-3-16-24-17-19-6-10-21(11-7-19)23-14-12-22(13-15-23)20-8-4-18(2)5-9-20/h3-5,8-9,12-15,19,21H,1,6-7,10-11,16-17H2,2H3. The van der Waals surface area contributed by atoms with E-state index < -0.39 is 0 Å². The molecule has 126 valence electrons. The van der Waals surface area contributed by atoms with Crippen molar-refractivity contribution in [2.75, 3.05) is 13.2 Å². The fourth-order valence-corrected chi connectivity index (χ4v) is 3.67. The van der Waals surface area contributed by atoms with Gasteiger partial charge in [-0.25, -0.2) is 0 Å². The van der Waals surface area contributed by atoms with Crippen LogP contribution in [0.3, 0.4) is 0 Å². The molecule has 1 nitrogen and oxygen atoms in total. The van der Waals surface area contributed by atoms with E-state index in [-0.39, 0.29) is 0 Å².